The third-order valence-corrected chi connectivity index (χ3v) is 3.46. The molecule has 0 fully saturated rings. The summed E-state index contributed by atoms with van der Waals surface area (Å²) in [6.07, 6.45) is 0.662. The van der Waals surface area contributed by atoms with Gasteiger partial charge in [-0.15, -0.1) is 0 Å². The Morgan fingerprint density at radius 1 is 1.33 bits per heavy atom. The molecule has 0 aliphatic rings. The Bertz CT molecular complexity index is 563. The monoisotopic (exact) mass is 283 g/mol. The highest BCUT2D eigenvalue weighted by Gasteiger charge is 2.14. The Labute approximate surface area is 117 Å². The summed E-state index contributed by atoms with van der Waals surface area (Å²) < 4.78 is 1.81. The van der Waals surface area contributed by atoms with Gasteiger partial charge in [-0.1, -0.05) is 29.3 Å². The Morgan fingerprint density at radius 3 is 2.61 bits per heavy atom. The molecule has 2 rings (SSSR count). The molecule has 0 saturated heterocycles. The van der Waals surface area contributed by atoms with Crippen LogP contribution >= 0.6 is 23.2 Å². The molecule has 3 nitrogen and oxygen atoms in total. The minimum Gasteiger partial charge on any atom is -0.322 e. The first kappa shape index (κ1) is 13.4. The Morgan fingerprint density at radius 2 is 2.06 bits per heavy atom. The number of hydrogen-bond acceptors (Lipinski definition) is 2. The van der Waals surface area contributed by atoms with Crippen molar-refractivity contribution in [1.29, 1.82) is 0 Å². The summed E-state index contributed by atoms with van der Waals surface area (Å²) in [6, 6.07) is 7.33. The Balaban J connectivity index is 2.21. The van der Waals surface area contributed by atoms with Crippen LogP contribution in [-0.2, 0) is 13.5 Å². The highest BCUT2D eigenvalue weighted by Crippen LogP contribution is 2.25. The number of aryl methyl sites for hydroxylation is 2. The smallest absolute Gasteiger partial charge is 0.0597 e. The molecule has 2 aromatic rings. The fourth-order valence-electron chi connectivity index (χ4n) is 2.01. The van der Waals surface area contributed by atoms with Gasteiger partial charge in [-0.2, -0.15) is 5.10 Å². The molecule has 96 valence electrons. The molecule has 0 aliphatic heterocycles. The average molecular weight is 284 g/mol. The minimum absolute atomic E-state index is 0.130. The maximum absolute atomic E-state index is 6.20. The molecule has 1 aromatic carbocycles. The predicted octanol–water partition coefficient (Wildman–Crippen LogP) is 3.28. The van der Waals surface area contributed by atoms with Crippen molar-refractivity contribution in [2.45, 2.75) is 19.4 Å². The summed E-state index contributed by atoms with van der Waals surface area (Å²) in [7, 11) is 1.89. The van der Waals surface area contributed by atoms with E-state index in [1.54, 1.807) is 6.07 Å². The summed E-state index contributed by atoms with van der Waals surface area (Å²) in [5, 5.41) is 5.58. The van der Waals surface area contributed by atoms with Crippen LogP contribution < -0.4 is 5.73 Å². The van der Waals surface area contributed by atoms with Gasteiger partial charge in [-0.3, -0.25) is 4.68 Å². The van der Waals surface area contributed by atoms with Crippen molar-refractivity contribution in [3.05, 3.63) is 51.3 Å². The first-order chi connectivity index (χ1) is 8.47. The van der Waals surface area contributed by atoms with E-state index in [9.17, 15) is 0 Å². The number of rotatable bonds is 3. The standard InChI is InChI=1S/C13H15Cl2N3/c1-8-5-13(18(2)17-8)12(16)6-9-3-4-10(14)7-11(9)15/h3-5,7,12H,6,16H2,1-2H3. The van der Waals surface area contributed by atoms with Gasteiger partial charge < -0.3 is 5.73 Å². The molecule has 1 heterocycles. The SMILES string of the molecule is Cc1cc(C(N)Cc2ccc(Cl)cc2Cl)n(C)n1. The molecule has 0 bridgehead atoms. The van der Waals surface area contributed by atoms with Crippen LogP contribution in [0.4, 0.5) is 0 Å². The van der Waals surface area contributed by atoms with Gasteiger partial charge in [-0.05, 0) is 37.1 Å². The number of hydrogen-bond donors (Lipinski definition) is 1. The highest BCUT2D eigenvalue weighted by atomic mass is 35.5. The van der Waals surface area contributed by atoms with E-state index >= 15 is 0 Å². The molecule has 1 aromatic heterocycles. The molecule has 0 spiro atoms. The molecule has 0 amide bonds. The van der Waals surface area contributed by atoms with Gasteiger partial charge in [0.05, 0.1) is 17.4 Å². The second-order valence-corrected chi connectivity index (χ2v) is 5.22. The molecule has 0 saturated carbocycles. The van der Waals surface area contributed by atoms with E-state index in [1.807, 2.05) is 36.9 Å². The summed E-state index contributed by atoms with van der Waals surface area (Å²) >= 11 is 12.0. The van der Waals surface area contributed by atoms with Crippen molar-refractivity contribution in [2.24, 2.45) is 12.8 Å². The number of aromatic nitrogens is 2. The lowest BCUT2D eigenvalue weighted by molar-refractivity contribution is 0.615. The lowest BCUT2D eigenvalue weighted by atomic mass is 10.0. The number of nitrogens with two attached hydrogens (primary N) is 1. The quantitative estimate of drug-likeness (QED) is 0.940. The van der Waals surface area contributed by atoms with Gasteiger partial charge in [0.25, 0.3) is 0 Å². The fourth-order valence-corrected chi connectivity index (χ4v) is 2.49. The molecule has 1 unspecified atom stereocenters. The largest absolute Gasteiger partial charge is 0.322 e. The van der Waals surface area contributed by atoms with Crippen molar-refractivity contribution in [3.63, 3.8) is 0 Å². The van der Waals surface area contributed by atoms with Crippen molar-refractivity contribution >= 4 is 23.2 Å². The van der Waals surface area contributed by atoms with E-state index in [2.05, 4.69) is 5.10 Å². The second-order valence-electron chi connectivity index (χ2n) is 4.38. The van der Waals surface area contributed by atoms with Crippen LogP contribution in [0.15, 0.2) is 24.3 Å². The number of benzene rings is 1. The predicted molar refractivity (Wildman–Crippen MR) is 75.0 cm³/mol. The summed E-state index contributed by atoms with van der Waals surface area (Å²) in [6.45, 7) is 1.95. The molecule has 18 heavy (non-hydrogen) atoms. The molecule has 1 atom stereocenters. The molecule has 0 radical (unpaired) electrons. The van der Waals surface area contributed by atoms with Crippen LogP contribution in [0.25, 0.3) is 0 Å². The van der Waals surface area contributed by atoms with Crippen molar-refractivity contribution in [1.82, 2.24) is 9.78 Å². The maximum Gasteiger partial charge on any atom is 0.0597 e. The van der Waals surface area contributed by atoms with Crippen molar-refractivity contribution in [3.8, 4) is 0 Å². The Kier molecular flexibility index (Phi) is 3.95. The van der Waals surface area contributed by atoms with E-state index in [0.29, 0.717) is 16.5 Å². The van der Waals surface area contributed by atoms with Gasteiger partial charge >= 0.3 is 0 Å². The first-order valence-corrected chi connectivity index (χ1v) is 6.43. The number of halogens is 2. The zero-order valence-electron chi connectivity index (χ0n) is 10.3. The van der Waals surface area contributed by atoms with E-state index in [0.717, 1.165) is 17.0 Å². The van der Waals surface area contributed by atoms with Crippen molar-refractivity contribution < 1.29 is 0 Å². The first-order valence-electron chi connectivity index (χ1n) is 5.67. The van der Waals surface area contributed by atoms with Gasteiger partial charge in [0, 0.05) is 17.1 Å². The maximum atomic E-state index is 6.20. The molecule has 5 heteroatoms. The van der Waals surface area contributed by atoms with E-state index in [1.165, 1.54) is 0 Å². The van der Waals surface area contributed by atoms with Crippen LogP contribution in [0.5, 0.6) is 0 Å². The van der Waals surface area contributed by atoms with Gasteiger partial charge in [0.15, 0.2) is 0 Å². The zero-order valence-corrected chi connectivity index (χ0v) is 11.8. The minimum atomic E-state index is -0.130. The van der Waals surface area contributed by atoms with Gasteiger partial charge in [-0.25, -0.2) is 0 Å². The summed E-state index contributed by atoms with van der Waals surface area (Å²) in [5.41, 5.74) is 9.15. The van der Waals surface area contributed by atoms with Crippen LogP contribution in [0.3, 0.4) is 0 Å². The Hall–Kier alpha value is -1.03. The lowest BCUT2D eigenvalue weighted by Gasteiger charge is -2.13. The van der Waals surface area contributed by atoms with Gasteiger partial charge in [0.1, 0.15) is 0 Å². The fraction of sp³-hybridized carbons (Fsp3) is 0.308. The van der Waals surface area contributed by atoms with E-state index < -0.39 is 0 Å². The molecule has 2 N–H and O–H groups in total. The van der Waals surface area contributed by atoms with Crippen LogP contribution in [0.2, 0.25) is 10.0 Å². The van der Waals surface area contributed by atoms with E-state index in [-0.39, 0.29) is 6.04 Å². The molecule has 0 aliphatic carbocycles. The van der Waals surface area contributed by atoms with Crippen molar-refractivity contribution in [2.75, 3.05) is 0 Å². The highest BCUT2D eigenvalue weighted by molar-refractivity contribution is 6.35. The van der Waals surface area contributed by atoms with Gasteiger partial charge in [0.2, 0.25) is 0 Å². The summed E-state index contributed by atoms with van der Waals surface area (Å²) in [4.78, 5) is 0. The molecular formula is C13H15Cl2N3. The van der Waals surface area contributed by atoms with E-state index in [4.69, 9.17) is 28.9 Å². The number of nitrogens with zero attached hydrogens (tertiary/aromatic N) is 2. The van der Waals surface area contributed by atoms with Crippen LogP contribution in [0, 0.1) is 6.92 Å². The lowest BCUT2D eigenvalue weighted by Crippen LogP contribution is -2.17. The van der Waals surface area contributed by atoms with Crippen LogP contribution in [0.1, 0.15) is 23.0 Å². The topological polar surface area (TPSA) is 43.8 Å². The zero-order chi connectivity index (χ0) is 13.3. The normalized spacial score (nSPS) is 12.7. The van der Waals surface area contributed by atoms with Crippen LogP contribution in [-0.4, -0.2) is 9.78 Å². The second kappa shape index (κ2) is 5.31. The average Bonchev–Trinajstić information content (AvgIpc) is 2.62. The third kappa shape index (κ3) is 2.86. The summed E-state index contributed by atoms with van der Waals surface area (Å²) in [5.74, 6) is 0. The third-order valence-electron chi connectivity index (χ3n) is 2.87. The molecular weight excluding hydrogens is 269 g/mol.